The molecule has 2 aliphatic rings. The van der Waals surface area contributed by atoms with Crippen LogP contribution in [-0.2, 0) is 0 Å². The number of hydrogen-bond acceptors (Lipinski definition) is 3. The van der Waals surface area contributed by atoms with E-state index >= 15 is 0 Å². The molecule has 2 fully saturated rings. The molecular weight excluding hydrogens is 274 g/mol. The maximum absolute atomic E-state index is 5.44. The van der Waals surface area contributed by atoms with Gasteiger partial charge in [0.1, 0.15) is 5.75 Å². The molecule has 0 spiro atoms. The number of piperazine rings is 1. The number of nitrogens with zero attached hydrogens (tertiary/aromatic N) is 1. The third-order valence-corrected chi connectivity index (χ3v) is 5.38. The lowest BCUT2D eigenvalue weighted by molar-refractivity contribution is 0.0846. The quantitative estimate of drug-likeness (QED) is 0.912. The topological polar surface area (TPSA) is 40.3 Å². The lowest BCUT2D eigenvalue weighted by Gasteiger charge is -2.43. The Bertz CT molecular complexity index is 641. The first-order chi connectivity index (χ1) is 10.9. The number of fused-ring (bicyclic) bond motifs is 1. The summed E-state index contributed by atoms with van der Waals surface area (Å²) < 4.78 is 5.44. The Morgan fingerprint density at radius 1 is 1.23 bits per heavy atom. The van der Waals surface area contributed by atoms with Crippen LogP contribution < -0.4 is 10.1 Å². The lowest BCUT2D eigenvalue weighted by Crippen LogP contribution is -2.47. The van der Waals surface area contributed by atoms with Gasteiger partial charge in [0.05, 0.1) is 7.11 Å². The number of rotatable bonds is 4. The minimum absolute atomic E-state index is 0.553. The zero-order valence-corrected chi connectivity index (χ0v) is 13.3. The van der Waals surface area contributed by atoms with Crippen molar-refractivity contribution in [1.29, 1.82) is 0 Å². The van der Waals surface area contributed by atoms with Crippen LogP contribution in [0.5, 0.6) is 5.75 Å². The minimum atomic E-state index is 0.553. The summed E-state index contributed by atoms with van der Waals surface area (Å²) in [4.78, 5) is 6.15. The van der Waals surface area contributed by atoms with E-state index in [2.05, 4.69) is 33.5 Å². The van der Waals surface area contributed by atoms with Crippen LogP contribution >= 0.6 is 0 Å². The molecule has 1 saturated heterocycles. The predicted octanol–water partition coefficient (Wildman–Crippen LogP) is 2.92. The van der Waals surface area contributed by atoms with Crippen LogP contribution in [0.3, 0.4) is 0 Å². The SMILES string of the molecule is COc1ccc2[nH]cc([C@@H](C3CCC3)N3CCNCC3)c2c1. The summed E-state index contributed by atoms with van der Waals surface area (Å²) in [7, 11) is 1.74. The molecule has 0 radical (unpaired) electrons. The van der Waals surface area contributed by atoms with Crippen molar-refractivity contribution >= 4 is 10.9 Å². The fourth-order valence-electron chi connectivity index (χ4n) is 3.96. The molecule has 2 aromatic rings. The molecule has 4 rings (SSSR count). The number of hydrogen-bond donors (Lipinski definition) is 2. The van der Waals surface area contributed by atoms with Crippen molar-refractivity contribution < 1.29 is 4.74 Å². The van der Waals surface area contributed by atoms with E-state index in [9.17, 15) is 0 Å². The maximum Gasteiger partial charge on any atom is 0.119 e. The van der Waals surface area contributed by atoms with Gasteiger partial charge in [-0.05, 0) is 42.5 Å². The molecule has 1 saturated carbocycles. The lowest BCUT2D eigenvalue weighted by atomic mass is 9.76. The maximum atomic E-state index is 5.44. The molecule has 2 heterocycles. The first-order valence-corrected chi connectivity index (χ1v) is 8.46. The van der Waals surface area contributed by atoms with Crippen LogP contribution in [-0.4, -0.2) is 43.2 Å². The van der Waals surface area contributed by atoms with Gasteiger partial charge in [0.25, 0.3) is 0 Å². The summed E-state index contributed by atoms with van der Waals surface area (Å²) >= 11 is 0. The second-order valence-electron chi connectivity index (χ2n) is 6.58. The molecular formula is C18H25N3O. The Balaban J connectivity index is 1.74. The normalized spacial score (nSPS) is 21.7. The van der Waals surface area contributed by atoms with Gasteiger partial charge < -0.3 is 15.0 Å². The highest BCUT2D eigenvalue weighted by Gasteiger charge is 2.34. The van der Waals surface area contributed by atoms with Crippen LogP contribution in [0.1, 0.15) is 30.9 Å². The molecule has 4 nitrogen and oxygen atoms in total. The van der Waals surface area contributed by atoms with Gasteiger partial charge >= 0.3 is 0 Å². The summed E-state index contributed by atoms with van der Waals surface area (Å²) in [5.74, 6) is 1.75. The van der Waals surface area contributed by atoms with E-state index in [4.69, 9.17) is 4.74 Å². The van der Waals surface area contributed by atoms with Gasteiger partial charge in [-0.15, -0.1) is 0 Å². The summed E-state index contributed by atoms with van der Waals surface area (Å²) in [5.41, 5.74) is 2.68. The molecule has 22 heavy (non-hydrogen) atoms. The van der Waals surface area contributed by atoms with E-state index in [-0.39, 0.29) is 0 Å². The number of benzene rings is 1. The highest BCUT2D eigenvalue weighted by Crippen LogP contribution is 2.43. The molecule has 1 aromatic carbocycles. The molecule has 1 atom stereocenters. The number of aromatic amines is 1. The third-order valence-electron chi connectivity index (χ3n) is 5.38. The Labute approximate surface area is 131 Å². The van der Waals surface area contributed by atoms with Crippen molar-refractivity contribution in [1.82, 2.24) is 15.2 Å². The molecule has 1 aliphatic heterocycles. The predicted molar refractivity (Wildman–Crippen MR) is 89.4 cm³/mol. The Kier molecular flexibility index (Phi) is 3.80. The van der Waals surface area contributed by atoms with E-state index < -0.39 is 0 Å². The molecule has 118 valence electrons. The smallest absolute Gasteiger partial charge is 0.119 e. The molecule has 1 aliphatic carbocycles. The van der Waals surface area contributed by atoms with Crippen LogP contribution in [0, 0.1) is 5.92 Å². The Morgan fingerprint density at radius 2 is 2.05 bits per heavy atom. The average Bonchev–Trinajstić information content (AvgIpc) is 2.94. The van der Waals surface area contributed by atoms with Gasteiger partial charge in [0.2, 0.25) is 0 Å². The fraction of sp³-hybridized carbons (Fsp3) is 0.556. The largest absolute Gasteiger partial charge is 0.497 e. The van der Waals surface area contributed by atoms with E-state index in [0.717, 1.165) is 37.8 Å². The summed E-state index contributed by atoms with van der Waals surface area (Å²) in [5, 5.41) is 4.80. The van der Waals surface area contributed by atoms with Crippen molar-refractivity contribution in [3.05, 3.63) is 30.0 Å². The van der Waals surface area contributed by atoms with Crippen LogP contribution in [0.25, 0.3) is 10.9 Å². The van der Waals surface area contributed by atoms with Crippen LogP contribution in [0.2, 0.25) is 0 Å². The molecule has 0 bridgehead atoms. The fourth-order valence-corrected chi connectivity index (χ4v) is 3.96. The minimum Gasteiger partial charge on any atom is -0.497 e. The summed E-state index contributed by atoms with van der Waals surface area (Å²) in [6, 6.07) is 6.91. The summed E-state index contributed by atoms with van der Waals surface area (Å²) in [6.07, 6.45) is 6.35. The third kappa shape index (κ3) is 2.40. The molecule has 1 aromatic heterocycles. The van der Waals surface area contributed by atoms with E-state index in [1.54, 1.807) is 7.11 Å². The van der Waals surface area contributed by atoms with E-state index in [0.29, 0.717) is 6.04 Å². The van der Waals surface area contributed by atoms with Crippen molar-refractivity contribution in [2.75, 3.05) is 33.3 Å². The second-order valence-corrected chi connectivity index (χ2v) is 6.58. The second kappa shape index (κ2) is 5.94. The van der Waals surface area contributed by atoms with E-state index in [1.807, 2.05) is 6.07 Å². The zero-order valence-electron chi connectivity index (χ0n) is 13.3. The first kappa shape index (κ1) is 14.1. The van der Waals surface area contributed by atoms with Crippen molar-refractivity contribution in [3.63, 3.8) is 0 Å². The van der Waals surface area contributed by atoms with Crippen LogP contribution in [0.15, 0.2) is 24.4 Å². The number of H-pyrrole nitrogens is 1. The molecule has 0 amide bonds. The standard InChI is InChI=1S/C18H25N3O/c1-22-14-5-6-17-15(11-14)16(12-20-17)18(13-3-2-4-13)21-9-7-19-8-10-21/h5-6,11-13,18-20H,2-4,7-10H2,1H3/t18-/m1/s1. The van der Waals surface area contributed by atoms with Gasteiger partial charge in [-0.2, -0.15) is 0 Å². The van der Waals surface area contributed by atoms with Gasteiger partial charge in [-0.1, -0.05) is 6.42 Å². The van der Waals surface area contributed by atoms with Crippen molar-refractivity contribution in [3.8, 4) is 5.75 Å². The number of aromatic nitrogens is 1. The van der Waals surface area contributed by atoms with Crippen molar-refractivity contribution in [2.24, 2.45) is 5.92 Å². The summed E-state index contributed by atoms with van der Waals surface area (Å²) in [6.45, 7) is 4.51. The molecule has 4 heteroatoms. The average molecular weight is 299 g/mol. The monoisotopic (exact) mass is 299 g/mol. The van der Waals surface area contributed by atoms with Gasteiger partial charge in [-0.25, -0.2) is 0 Å². The van der Waals surface area contributed by atoms with Crippen molar-refractivity contribution in [2.45, 2.75) is 25.3 Å². The van der Waals surface area contributed by atoms with E-state index in [1.165, 1.54) is 35.7 Å². The number of methoxy groups -OCH3 is 1. The number of nitrogens with one attached hydrogen (secondary N) is 2. The highest BCUT2D eigenvalue weighted by atomic mass is 16.5. The molecule has 0 unspecified atom stereocenters. The van der Waals surface area contributed by atoms with Gasteiger partial charge in [0, 0.05) is 49.3 Å². The highest BCUT2D eigenvalue weighted by molar-refractivity contribution is 5.85. The number of ether oxygens (including phenoxy) is 1. The van der Waals surface area contributed by atoms with Gasteiger partial charge in [-0.3, -0.25) is 4.90 Å². The Hall–Kier alpha value is -1.52. The molecule has 2 N–H and O–H groups in total. The Morgan fingerprint density at radius 3 is 2.73 bits per heavy atom. The zero-order chi connectivity index (χ0) is 14.9. The van der Waals surface area contributed by atoms with Gasteiger partial charge in [0.15, 0.2) is 0 Å². The van der Waals surface area contributed by atoms with Crippen LogP contribution in [0.4, 0.5) is 0 Å². The first-order valence-electron chi connectivity index (χ1n) is 8.46.